The summed E-state index contributed by atoms with van der Waals surface area (Å²) in [6.45, 7) is 0. The minimum Gasteiger partial charge on any atom is -0.481 e. The van der Waals surface area contributed by atoms with Gasteiger partial charge in [-0.05, 0) is 48.4 Å². The third-order valence-corrected chi connectivity index (χ3v) is 6.97. The number of carboxylic acid groups (broad SMARTS) is 1. The fraction of sp³-hybridized carbons (Fsp3) is 0.235. The molecule has 0 aliphatic heterocycles. The number of carbonyl (C=O) groups is 1. The van der Waals surface area contributed by atoms with Gasteiger partial charge in [-0.25, -0.2) is 21.1 Å². The van der Waals surface area contributed by atoms with Gasteiger partial charge in [0.05, 0.1) is 9.79 Å². The predicted octanol–water partition coefficient (Wildman–Crippen LogP) is 1.75. The molecule has 2 aromatic rings. The summed E-state index contributed by atoms with van der Waals surface area (Å²) in [6.07, 6.45) is 0.275. The Hall–Kier alpha value is -2.43. The van der Waals surface area contributed by atoms with Crippen LogP contribution in [0.4, 0.5) is 5.69 Å². The Morgan fingerprint density at radius 2 is 1.44 bits per heavy atom. The molecule has 0 saturated carbocycles. The van der Waals surface area contributed by atoms with Crippen LogP contribution >= 0.6 is 0 Å². The van der Waals surface area contributed by atoms with Gasteiger partial charge in [0.15, 0.2) is 0 Å². The molecule has 0 amide bonds. The number of anilines is 1. The number of aryl methyl sites for hydroxylation is 1. The van der Waals surface area contributed by atoms with Crippen LogP contribution in [-0.4, -0.2) is 46.3 Å². The molecule has 0 bridgehead atoms. The van der Waals surface area contributed by atoms with Crippen LogP contribution in [0.3, 0.4) is 0 Å². The molecule has 2 aromatic carbocycles. The Bertz CT molecular complexity index is 1010. The van der Waals surface area contributed by atoms with E-state index in [9.17, 15) is 21.6 Å². The highest BCUT2D eigenvalue weighted by molar-refractivity contribution is 7.92. The van der Waals surface area contributed by atoms with Crippen molar-refractivity contribution < 1.29 is 26.7 Å². The van der Waals surface area contributed by atoms with Crippen molar-refractivity contribution in [3.05, 3.63) is 54.1 Å². The van der Waals surface area contributed by atoms with Gasteiger partial charge < -0.3 is 5.11 Å². The van der Waals surface area contributed by atoms with E-state index >= 15 is 0 Å². The lowest BCUT2D eigenvalue weighted by Crippen LogP contribution is -2.22. The SMILES string of the molecule is CN(C)S(=O)(=O)c1ccc(NS(=O)(=O)c2ccc(CCC(=O)O)cc2)cc1. The van der Waals surface area contributed by atoms with E-state index in [1.54, 1.807) is 12.1 Å². The zero-order valence-corrected chi connectivity index (χ0v) is 16.4. The maximum Gasteiger partial charge on any atom is 0.303 e. The molecule has 2 N–H and O–H groups in total. The van der Waals surface area contributed by atoms with E-state index in [1.807, 2.05) is 0 Å². The third-order valence-electron chi connectivity index (χ3n) is 3.75. The van der Waals surface area contributed by atoms with E-state index in [2.05, 4.69) is 4.72 Å². The van der Waals surface area contributed by atoms with Gasteiger partial charge in [-0.1, -0.05) is 12.1 Å². The average molecular weight is 412 g/mol. The molecule has 0 radical (unpaired) electrons. The van der Waals surface area contributed by atoms with Crippen molar-refractivity contribution in [1.82, 2.24) is 4.31 Å². The molecule has 0 atom stereocenters. The molecule has 8 nitrogen and oxygen atoms in total. The van der Waals surface area contributed by atoms with Crippen molar-refractivity contribution in [3.63, 3.8) is 0 Å². The van der Waals surface area contributed by atoms with Gasteiger partial charge in [-0.3, -0.25) is 9.52 Å². The molecule has 10 heteroatoms. The molecule has 0 heterocycles. The Morgan fingerprint density at radius 1 is 0.926 bits per heavy atom. The van der Waals surface area contributed by atoms with Gasteiger partial charge in [0.25, 0.3) is 10.0 Å². The molecule has 0 saturated heterocycles. The smallest absolute Gasteiger partial charge is 0.303 e. The first kappa shape index (κ1) is 20.9. The van der Waals surface area contributed by atoms with E-state index in [0.717, 1.165) is 9.87 Å². The van der Waals surface area contributed by atoms with Crippen LogP contribution in [0.25, 0.3) is 0 Å². The van der Waals surface area contributed by atoms with E-state index in [1.165, 1.54) is 50.5 Å². The lowest BCUT2D eigenvalue weighted by molar-refractivity contribution is -0.136. The summed E-state index contributed by atoms with van der Waals surface area (Å²) in [4.78, 5) is 10.7. The number of hydrogen-bond acceptors (Lipinski definition) is 5. The Morgan fingerprint density at radius 3 is 1.93 bits per heavy atom. The summed E-state index contributed by atoms with van der Waals surface area (Å²) in [7, 11) is -4.63. The number of nitrogens with one attached hydrogen (secondary N) is 1. The van der Waals surface area contributed by atoms with Crippen LogP contribution in [0, 0.1) is 0 Å². The molecule has 146 valence electrons. The quantitative estimate of drug-likeness (QED) is 0.681. The van der Waals surface area contributed by atoms with E-state index in [4.69, 9.17) is 5.11 Å². The van der Waals surface area contributed by atoms with Crippen LogP contribution in [0.5, 0.6) is 0 Å². The Kier molecular flexibility index (Phi) is 6.24. The van der Waals surface area contributed by atoms with Gasteiger partial charge >= 0.3 is 5.97 Å². The standard InChI is InChI=1S/C17H20N2O6S2/c1-19(2)27(24,25)16-10-6-14(7-11-16)18-26(22,23)15-8-3-13(4-9-15)5-12-17(20)21/h3-4,6-11,18H,5,12H2,1-2H3,(H,20,21). The molecule has 0 fully saturated rings. The summed E-state index contributed by atoms with van der Waals surface area (Å²) in [5, 5.41) is 8.68. The first-order valence-corrected chi connectivity index (χ1v) is 10.8. The largest absolute Gasteiger partial charge is 0.481 e. The monoisotopic (exact) mass is 412 g/mol. The van der Waals surface area contributed by atoms with Crippen molar-refractivity contribution in [1.29, 1.82) is 0 Å². The average Bonchev–Trinajstić information content (AvgIpc) is 2.60. The first-order chi connectivity index (χ1) is 12.5. The van der Waals surface area contributed by atoms with Crippen molar-refractivity contribution in [2.24, 2.45) is 0 Å². The second-order valence-electron chi connectivity index (χ2n) is 5.95. The second-order valence-corrected chi connectivity index (χ2v) is 9.79. The number of sulfonamides is 2. The highest BCUT2D eigenvalue weighted by atomic mass is 32.2. The molecule has 0 spiro atoms. The lowest BCUT2D eigenvalue weighted by Gasteiger charge is -2.12. The number of nitrogens with zero attached hydrogens (tertiary/aromatic N) is 1. The van der Waals surface area contributed by atoms with Gasteiger partial charge in [-0.15, -0.1) is 0 Å². The summed E-state index contributed by atoms with van der Waals surface area (Å²) in [6, 6.07) is 11.3. The third kappa shape index (κ3) is 5.28. The zero-order chi connectivity index (χ0) is 20.2. The maximum absolute atomic E-state index is 12.4. The maximum atomic E-state index is 12.4. The summed E-state index contributed by atoms with van der Waals surface area (Å²) >= 11 is 0. The second kappa shape index (κ2) is 8.07. The number of aliphatic carboxylic acids is 1. The van der Waals surface area contributed by atoms with Crippen LogP contribution in [0.2, 0.25) is 0 Å². The van der Waals surface area contributed by atoms with E-state index in [0.29, 0.717) is 6.42 Å². The van der Waals surface area contributed by atoms with Crippen molar-refractivity contribution in [3.8, 4) is 0 Å². The highest BCUT2D eigenvalue weighted by Crippen LogP contribution is 2.20. The van der Waals surface area contributed by atoms with Gasteiger partial charge in [0.2, 0.25) is 10.0 Å². The summed E-state index contributed by atoms with van der Waals surface area (Å²) in [5.41, 5.74) is 0.942. The fourth-order valence-corrected chi connectivity index (χ4v) is 4.17. The molecule has 0 aliphatic carbocycles. The molecule has 0 aliphatic rings. The predicted molar refractivity (Wildman–Crippen MR) is 101 cm³/mol. The van der Waals surface area contributed by atoms with Crippen LogP contribution in [0.15, 0.2) is 58.3 Å². The summed E-state index contributed by atoms with van der Waals surface area (Å²) < 4.78 is 52.4. The van der Waals surface area contributed by atoms with Gasteiger partial charge in [0, 0.05) is 26.2 Å². The van der Waals surface area contributed by atoms with E-state index in [-0.39, 0.29) is 21.9 Å². The molecule has 2 rings (SSSR count). The number of hydrogen-bond donors (Lipinski definition) is 2. The molecule has 0 aromatic heterocycles. The normalized spacial score (nSPS) is 12.1. The van der Waals surface area contributed by atoms with Crippen LogP contribution < -0.4 is 4.72 Å². The van der Waals surface area contributed by atoms with Gasteiger partial charge in [-0.2, -0.15) is 0 Å². The summed E-state index contributed by atoms with van der Waals surface area (Å²) in [5.74, 6) is -0.923. The minimum atomic E-state index is -3.85. The van der Waals surface area contributed by atoms with Crippen molar-refractivity contribution in [2.45, 2.75) is 22.6 Å². The van der Waals surface area contributed by atoms with Crippen LogP contribution in [-0.2, 0) is 31.3 Å². The van der Waals surface area contributed by atoms with E-state index < -0.39 is 26.0 Å². The Balaban J connectivity index is 2.15. The molecular formula is C17H20N2O6S2. The Labute approximate surface area is 158 Å². The molecular weight excluding hydrogens is 392 g/mol. The number of benzene rings is 2. The number of rotatable bonds is 8. The topological polar surface area (TPSA) is 121 Å². The highest BCUT2D eigenvalue weighted by Gasteiger charge is 2.18. The zero-order valence-electron chi connectivity index (χ0n) is 14.8. The fourth-order valence-electron chi connectivity index (χ4n) is 2.21. The minimum absolute atomic E-state index is 0.0200. The molecule has 27 heavy (non-hydrogen) atoms. The first-order valence-electron chi connectivity index (χ1n) is 7.88. The van der Waals surface area contributed by atoms with Crippen molar-refractivity contribution in [2.75, 3.05) is 18.8 Å². The van der Waals surface area contributed by atoms with Gasteiger partial charge in [0.1, 0.15) is 0 Å². The molecule has 0 unspecified atom stereocenters. The number of carboxylic acids is 1. The van der Waals surface area contributed by atoms with Crippen molar-refractivity contribution >= 4 is 31.7 Å². The van der Waals surface area contributed by atoms with Crippen LogP contribution in [0.1, 0.15) is 12.0 Å². The lowest BCUT2D eigenvalue weighted by atomic mass is 10.1.